The quantitative estimate of drug-likeness (QED) is 0.568. The van der Waals surface area contributed by atoms with Gasteiger partial charge in [0, 0.05) is 25.5 Å². The van der Waals surface area contributed by atoms with Crippen molar-refractivity contribution in [1.82, 2.24) is 15.4 Å². The number of anilines is 1. The zero-order valence-corrected chi connectivity index (χ0v) is 9.50. The topological polar surface area (TPSA) is 78.4 Å². The zero-order valence-electron chi connectivity index (χ0n) is 9.50. The Balaban J connectivity index is 1.71. The Morgan fingerprint density at radius 1 is 1.41 bits per heavy atom. The molecule has 2 unspecified atom stereocenters. The SMILES string of the molecule is CC1C2CN(c3ncc(C(=O)NO)cn3)CC12. The van der Waals surface area contributed by atoms with Crippen LogP contribution < -0.4 is 10.4 Å². The summed E-state index contributed by atoms with van der Waals surface area (Å²) in [6, 6.07) is 0. The molecule has 1 aliphatic heterocycles. The van der Waals surface area contributed by atoms with Crippen molar-refractivity contribution in [2.45, 2.75) is 6.92 Å². The number of hydroxylamine groups is 1. The van der Waals surface area contributed by atoms with Crippen LogP contribution in [0.25, 0.3) is 0 Å². The predicted octanol–water partition coefficient (Wildman–Crippen LogP) is 0.298. The van der Waals surface area contributed by atoms with Gasteiger partial charge in [0.05, 0.1) is 5.56 Å². The average molecular weight is 234 g/mol. The molecule has 2 N–H and O–H groups in total. The van der Waals surface area contributed by atoms with Crippen LogP contribution in [0, 0.1) is 17.8 Å². The number of hydrogen-bond acceptors (Lipinski definition) is 5. The van der Waals surface area contributed by atoms with Crippen LogP contribution in [0.4, 0.5) is 5.95 Å². The number of aromatic nitrogens is 2. The third kappa shape index (κ3) is 1.64. The van der Waals surface area contributed by atoms with Gasteiger partial charge in [-0.1, -0.05) is 6.92 Å². The third-order valence-corrected chi connectivity index (χ3v) is 3.91. The van der Waals surface area contributed by atoms with Crippen LogP contribution in [0.1, 0.15) is 17.3 Å². The van der Waals surface area contributed by atoms with E-state index >= 15 is 0 Å². The lowest BCUT2D eigenvalue weighted by Crippen LogP contribution is -2.26. The van der Waals surface area contributed by atoms with E-state index in [-0.39, 0.29) is 5.56 Å². The van der Waals surface area contributed by atoms with Gasteiger partial charge in [0.25, 0.3) is 5.91 Å². The van der Waals surface area contributed by atoms with Gasteiger partial charge < -0.3 is 4.90 Å². The Labute approximate surface area is 98.6 Å². The lowest BCUT2D eigenvalue weighted by atomic mass is 10.3. The van der Waals surface area contributed by atoms with Crippen molar-refractivity contribution in [3.63, 3.8) is 0 Å². The van der Waals surface area contributed by atoms with Gasteiger partial charge in [-0.25, -0.2) is 15.4 Å². The molecule has 3 rings (SSSR count). The Bertz CT molecular complexity index is 435. The van der Waals surface area contributed by atoms with E-state index in [2.05, 4.69) is 21.8 Å². The van der Waals surface area contributed by atoms with Crippen molar-refractivity contribution in [3.8, 4) is 0 Å². The van der Waals surface area contributed by atoms with Crippen LogP contribution in [0.2, 0.25) is 0 Å². The second kappa shape index (κ2) is 3.66. The lowest BCUT2D eigenvalue weighted by Gasteiger charge is -2.18. The minimum absolute atomic E-state index is 0.258. The standard InChI is InChI=1S/C11H14N4O2/c1-6-8-4-15(5-9(6)8)11-12-2-7(3-13-11)10(16)14-17/h2-3,6,8-9,17H,4-5H2,1H3,(H,14,16). The summed E-state index contributed by atoms with van der Waals surface area (Å²) in [4.78, 5) is 21.5. The molecule has 1 aliphatic carbocycles. The van der Waals surface area contributed by atoms with Crippen molar-refractivity contribution in [3.05, 3.63) is 18.0 Å². The smallest absolute Gasteiger partial charge is 0.277 e. The number of carbonyl (C=O) groups is 1. The Morgan fingerprint density at radius 3 is 2.53 bits per heavy atom. The van der Waals surface area contributed by atoms with E-state index in [1.54, 1.807) is 5.48 Å². The number of rotatable bonds is 2. The van der Waals surface area contributed by atoms with Gasteiger partial charge in [-0.05, 0) is 17.8 Å². The van der Waals surface area contributed by atoms with Crippen LogP contribution in [-0.4, -0.2) is 34.2 Å². The number of nitrogens with one attached hydrogen (secondary N) is 1. The fraction of sp³-hybridized carbons (Fsp3) is 0.545. The largest absolute Gasteiger partial charge is 0.340 e. The summed E-state index contributed by atoms with van der Waals surface area (Å²) in [7, 11) is 0. The first-order valence-corrected chi connectivity index (χ1v) is 5.72. The van der Waals surface area contributed by atoms with Gasteiger partial charge in [0.15, 0.2) is 0 Å². The summed E-state index contributed by atoms with van der Waals surface area (Å²) < 4.78 is 0. The van der Waals surface area contributed by atoms with E-state index in [0.29, 0.717) is 5.95 Å². The lowest BCUT2D eigenvalue weighted by molar-refractivity contribution is 0.0705. The summed E-state index contributed by atoms with van der Waals surface area (Å²) in [6.07, 6.45) is 2.86. The molecule has 1 aromatic rings. The maximum absolute atomic E-state index is 11.1. The fourth-order valence-corrected chi connectivity index (χ4v) is 2.65. The summed E-state index contributed by atoms with van der Waals surface area (Å²) in [6.45, 7) is 4.30. The monoisotopic (exact) mass is 234 g/mol. The molecule has 0 spiro atoms. The molecule has 2 heterocycles. The van der Waals surface area contributed by atoms with E-state index in [1.165, 1.54) is 12.4 Å². The molecular formula is C11H14N4O2. The average Bonchev–Trinajstić information content (AvgIpc) is 2.82. The number of piperidine rings is 1. The summed E-state index contributed by atoms with van der Waals surface area (Å²) in [5.41, 5.74) is 1.82. The molecule has 2 fully saturated rings. The Morgan fingerprint density at radius 2 is 2.00 bits per heavy atom. The van der Waals surface area contributed by atoms with E-state index in [0.717, 1.165) is 30.8 Å². The number of nitrogens with zero attached hydrogens (tertiary/aromatic N) is 3. The maximum Gasteiger partial charge on any atom is 0.277 e. The van der Waals surface area contributed by atoms with Crippen LogP contribution in [0.15, 0.2) is 12.4 Å². The Hall–Kier alpha value is -1.69. The van der Waals surface area contributed by atoms with Gasteiger partial charge >= 0.3 is 0 Å². The van der Waals surface area contributed by atoms with Crippen molar-refractivity contribution in [2.75, 3.05) is 18.0 Å². The number of amides is 1. The molecule has 6 nitrogen and oxygen atoms in total. The highest BCUT2D eigenvalue weighted by molar-refractivity contribution is 5.92. The van der Waals surface area contributed by atoms with Crippen LogP contribution in [0.5, 0.6) is 0 Å². The first-order valence-electron chi connectivity index (χ1n) is 5.72. The van der Waals surface area contributed by atoms with Crippen LogP contribution >= 0.6 is 0 Å². The van der Waals surface area contributed by atoms with Crippen LogP contribution in [0.3, 0.4) is 0 Å². The summed E-state index contributed by atoms with van der Waals surface area (Å²) in [5, 5.41) is 8.47. The van der Waals surface area contributed by atoms with E-state index in [9.17, 15) is 4.79 Å². The van der Waals surface area contributed by atoms with Gasteiger partial charge in [-0.2, -0.15) is 0 Å². The van der Waals surface area contributed by atoms with E-state index < -0.39 is 5.91 Å². The van der Waals surface area contributed by atoms with Gasteiger partial charge in [0.2, 0.25) is 5.95 Å². The second-order valence-electron chi connectivity index (χ2n) is 4.80. The molecule has 6 heteroatoms. The maximum atomic E-state index is 11.1. The molecule has 17 heavy (non-hydrogen) atoms. The Kier molecular flexibility index (Phi) is 2.25. The van der Waals surface area contributed by atoms with Crippen molar-refractivity contribution in [1.29, 1.82) is 0 Å². The summed E-state index contributed by atoms with van der Waals surface area (Å²) in [5.74, 6) is 2.50. The predicted molar refractivity (Wildman–Crippen MR) is 59.6 cm³/mol. The second-order valence-corrected chi connectivity index (χ2v) is 4.80. The first kappa shape index (κ1) is 10.5. The molecule has 1 aromatic heterocycles. The zero-order chi connectivity index (χ0) is 12.0. The van der Waals surface area contributed by atoms with E-state index in [4.69, 9.17) is 5.21 Å². The molecule has 0 radical (unpaired) electrons. The number of carbonyl (C=O) groups excluding carboxylic acids is 1. The van der Waals surface area contributed by atoms with Gasteiger partial charge in [0.1, 0.15) is 0 Å². The highest BCUT2D eigenvalue weighted by Crippen LogP contribution is 2.51. The fourth-order valence-electron chi connectivity index (χ4n) is 2.65. The first-order chi connectivity index (χ1) is 8.20. The molecular weight excluding hydrogens is 220 g/mol. The van der Waals surface area contributed by atoms with Gasteiger partial charge in [-0.15, -0.1) is 0 Å². The van der Waals surface area contributed by atoms with Gasteiger partial charge in [-0.3, -0.25) is 10.0 Å². The van der Waals surface area contributed by atoms with Crippen molar-refractivity contribution >= 4 is 11.9 Å². The molecule has 1 saturated heterocycles. The molecule has 0 aromatic carbocycles. The van der Waals surface area contributed by atoms with Crippen molar-refractivity contribution in [2.24, 2.45) is 17.8 Å². The van der Waals surface area contributed by atoms with E-state index in [1.807, 2.05) is 0 Å². The minimum Gasteiger partial charge on any atom is -0.340 e. The van der Waals surface area contributed by atoms with Crippen LogP contribution in [-0.2, 0) is 0 Å². The molecule has 2 atom stereocenters. The molecule has 1 amide bonds. The molecule has 0 bridgehead atoms. The normalized spacial score (nSPS) is 30.0. The molecule has 90 valence electrons. The summed E-state index contributed by atoms with van der Waals surface area (Å²) >= 11 is 0. The minimum atomic E-state index is -0.588. The molecule has 2 aliphatic rings. The van der Waals surface area contributed by atoms with Crippen molar-refractivity contribution < 1.29 is 10.0 Å². The third-order valence-electron chi connectivity index (χ3n) is 3.91. The number of hydrogen-bond donors (Lipinski definition) is 2. The highest BCUT2D eigenvalue weighted by atomic mass is 16.5. The number of fused-ring (bicyclic) bond motifs is 1. The highest BCUT2D eigenvalue weighted by Gasteiger charge is 2.53. The molecule has 1 saturated carbocycles.